The molecule has 1 aromatic heterocycles. The second kappa shape index (κ2) is 2.87. The number of rotatable bonds is 0. The molecule has 0 aliphatic carbocycles. The zero-order valence-corrected chi connectivity index (χ0v) is 8.34. The van der Waals surface area contributed by atoms with E-state index in [2.05, 4.69) is 20.9 Å². The van der Waals surface area contributed by atoms with Gasteiger partial charge in [-0.1, -0.05) is 0 Å². The van der Waals surface area contributed by atoms with E-state index >= 15 is 0 Å². The summed E-state index contributed by atoms with van der Waals surface area (Å²) in [6, 6.07) is 0. The summed E-state index contributed by atoms with van der Waals surface area (Å²) in [4.78, 5) is 23.9. The van der Waals surface area contributed by atoms with Gasteiger partial charge < -0.3 is 4.98 Å². The molecule has 1 aromatic rings. The summed E-state index contributed by atoms with van der Waals surface area (Å²) in [5.41, 5.74) is -0.766. The van der Waals surface area contributed by atoms with E-state index in [0.29, 0.717) is 4.47 Å². The lowest BCUT2D eigenvalue weighted by molar-refractivity contribution is 0.998. The number of H-pyrrole nitrogens is 1. The molecule has 0 aliphatic rings. The van der Waals surface area contributed by atoms with Crippen LogP contribution >= 0.6 is 38.8 Å². The second-order valence-electron chi connectivity index (χ2n) is 1.53. The van der Waals surface area contributed by atoms with Gasteiger partial charge in [0.05, 0.1) is 27.3 Å². The van der Waals surface area contributed by atoms with Gasteiger partial charge in [-0.05, 0) is 15.9 Å². The zero-order chi connectivity index (χ0) is 7.72. The van der Waals surface area contributed by atoms with Gasteiger partial charge in [-0.3, -0.25) is 4.79 Å². The summed E-state index contributed by atoms with van der Waals surface area (Å²) < 4.78 is 1.31. The summed E-state index contributed by atoms with van der Waals surface area (Å²) in [5.74, 6) is 0. The van der Waals surface area contributed by atoms with Crippen molar-refractivity contribution in [1.29, 1.82) is 0 Å². The number of aromatic amines is 1. The highest BCUT2D eigenvalue weighted by atomic mass is 127. The topological polar surface area (TPSA) is 54.9 Å². The first kappa shape index (κ1) is 7.99. The first-order valence-corrected chi connectivity index (χ1v) is 4.05. The van der Waals surface area contributed by atoms with E-state index in [1.807, 2.05) is 0 Å². The average Bonchev–Trinajstić information content (AvgIpc) is 1.93. The Morgan fingerprint density at radius 2 is 2.20 bits per heavy atom. The quantitative estimate of drug-likeness (QED) is 0.709. The van der Waals surface area contributed by atoms with E-state index in [-0.39, 0.29) is 5.56 Å². The Labute approximate surface area is 77.9 Å². The molecular formula is C4H2BrIN2O2. The molecule has 0 bridgehead atoms. The Hall–Kier alpha value is -0.110. The summed E-state index contributed by atoms with van der Waals surface area (Å²) in [6.45, 7) is 0. The molecule has 54 valence electrons. The van der Waals surface area contributed by atoms with Crippen LogP contribution in [0.1, 0.15) is 0 Å². The van der Waals surface area contributed by atoms with Crippen LogP contribution in [0.25, 0.3) is 0 Å². The van der Waals surface area contributed by atoms with Crippen LogP contribution in [0.4, 0.5) is 0 Å². The van der Waals surface area contributed by atoms with Gasteiger partial charge in [0, 0.05) is 6.20 Å². The SMILES string of the molecule is O=c1[nH]cc(Br)c(=O)n1I. The molecule has 0 amide bonds. The van der Waals surface area contributed by atoms with Crippen molar-refractivity contribution in [2.24, 2.45) is 0 Å². The van der Waals surface area contributed by atoms with Crippen molar-refractivity contribution in [1.82, 2.24) is 7.76 Å². The van der Waals surface area contributed by atoms with Gasteiger partial charge in [0.15, 0.2) is 0 Å². The van der Waals surface area contributed by atoms with Crippen LogP contribution in [0, 0.1) is 0 Å². The molecule has 0 aromatic carbocycles. The van der Waals surface area contributed by atoms with Gasteiger partial charge in [-0.2, -0.15) is 2.78 Å². The fourth-order valence-corrected chi connectivity index (χ4v) is 1.45. The van der Waals surface area contributed by atoms with Gasteiger partial charge in [0.25, 0.3) is 5.56 Å². The molecule has 10 heavy (non-hydrogen) atoms. The minimum Gasteiger partial charge on any atom is -0.312 e. The van der Waals surface area contributed by atoms with E-state index in [1.165, 1.54) is 6.20 Å². The summed E-state index contributed by atoms with van der Waals surface area (Å²) in [6.07, 6.45) is 1.32. The third-order valence-electron chi connectivity index (χ3n) is 0.883. The van der Waals surface area contributed by atoms with E-state index in [9.17, 15) is 9.59 Å². The molecule has 1 N–H and O–H groups in total. The molecule has 0 spiro atoms. The fourth-order valence-electron chi connectivity index (χ4n) is 0.430. The Balaban J connectivity index is 3.66. The molecule has 0 unspecified atom stereocenters. The van der Waals surface area contributed by atoms with Crippen LogP contribution in [0.2, 0.25) is 0 Å². The van der Waals surface area contributed by atoms with E-state index < -0.39 is 5.69 Å². The second-order valence-corrected chi connectivity index (χ2v) is 3.35. The van der Waals surface area contributed by atoms with Gasteiger partial charge in [-0.15, -0.1) is 0 Å². The van der Waals surface area contributed by atoms with Crippen molar-refractivity contribution >= 4 is 38.8 Å². The molecule has 0 saturated heterocycles. The first-order valence-electron chi connectivity index (χ1n) is 2.29. The lowest BCUT2D eigenvalue weighted by Crippen LogP contribution is -2.28. The van der Waals surface area contributed by atoms with Crippen molar-refractivity contribution in [3.63, 3.8) is 0 Å². The molecule has 0 fully saturated rings. The van der Waals surface area contributed by atoms with Gasteiger partial charge in [0.2, 0.25) is 0 Å². The minimum atomic E-state index is -0.422. The Kier molecular flexibility index (Phi) is 2.29. The number of aromatic nitrogens is 2. The minimum absolute atomic E-state index is 0.343. The highest BCUT2D eigenvalue weighted by molar-refractivity contribution is 14.1. The highest BCUT2D eigenvalue weighted by Crippen LogP contribution is 1.96. The van der Waals surface area contributed by atoms with Crippen molar-refractivity contribution < 1.29 is 0 Å². The smallest absolute Gasteiger partial charge is 0.312 e. The van der Waals surface area contributed by atoms with Crippen molar-refractivity contribution in [2.45, 2.75) is 0 Å². The summed E-state index contributed by atoms with van der Waals surface area (Å²) >= 11 is 4.60. The van der Waals surface area contributed by atoms with Gasteiger partial charge in [0.1, 0.15) is 0 Å². The summed E-state index contributed by atoms with van der Waals surface area (Å²) in [5, 5.41) is 0. The monoisotopic (exact) mass is 316 g/mol. The molecule has 6 heteroatoms. The van der Waals surface area contributed by atoms with Crippen LogP contribution in [-0.4, -0.2) is 7.76 Å². The molecule has 1 heterocycles. The molecule has 0 saturated carbocycles. The highest BCUT2D eigenvalue weighted by Gasteiger charge is 1.99. The van der Waals surface area contributed by atoms with Crippen molar-refractivity contribution in [3.05, 3.63) is 31.5 Å². The van der Waals surface area contributed by atoms with Gasteiger partial charge in [-0.25, -0.2) is 4.79 Å². The van der Waals surface area contributed by atoms with Crippen LogP contribution in [0.15, 0.2) is 20.3 Å². The maximum absolute atomic E-state index is 10.9. The lowest BCUT2D eigenvalue weighted by Gasteiger charge is -1.90. The van der Waals surface area contributed by atoms with Crippen LogP contribution in [0.3, 0.4) is 0 Å². The molecular weight excluding hydrogens is 315 g/mol. The Morgan fingerprint density at radius 3 is 2.70 bits per heavy atom. The largest absolute Gasteiger partial charge is 0.337 e. The lowest BCUT2D eigenvalue weighted by atomic mass is 10.7. The Bertz CT molecular complexity index is 355. The molecule has 4 nitrogen and oxygen atoms in total. The van der Waals surface area contributed by atoms with Crippen LogP contribution in [0.5, 0.6) is 0 Å². The van der Waals surface area contributed by atoms with Crippen molar-refractivity contribution in [3.8, 4) is 0 Å². The number of nitrogens with one attached hydrogen (secondary N) is 1. The standard InChI is InChI=1S/C4H2BrIN2O2/c5-2-1-7-4(10)8(6)3(2)9/h1H,(H,7,10). The number of hydrogen-bond acceptors (Lipinski definition) is 2. The molecule has 0 aliphatic heterocycles. The third-order valence-corrected chi connectivity index (χ3v) is 2.33. The van der Waals surface area contributed by atoms with E-state index in [4.69, 9.17) is 0 Å². The maximum Gasteiger partial charge on any atom is 0.337 e. The number of halogens is 2. The zero-order valence-electron chi connectivity index (χ0n) is 4.60. The number of hydrogen-bond donors (Lipinski definition) is 1. The molecule has 0 radical (unpaired) electrons. The van der Waals surface area contributed by atoms with E-state index in [1.54, 1.807) is 22.9 Å². The normalized spacial score (nSPS) is 9.80. The first-order chi connectivity index (χ1) is 4.63. The third kappa shape index (κ3) is 1.31. The molecule has 1 rings (SSSR count). The number of nitrogens with zero attached hydrogens (tertiary/aromatic N) is 1. The predicted molar refractivity (Wildman–Crippen MR) is 48.4 cm³/mol. The average molecular weight is 317 g/mol. The van der Waals surface area contributed by atoms with Crippen molar-refractivity contribution in [2.75, 3.05) is 0 Å². The van der Waals surface area contributed by atoms with Crippen LogP contribution in [-0.2, 0) is 0 Å². The maximum atomic E-state index is 10.9. The van der Waals surface area contributed by atoms with Crippen LogP contribution < -0.4 is 11.2 Å². The van der Waals surface area contributed by atoms with E-state index in [0.717, 1.165) is 2.78 Å². The fraction of sp³-hybridized carbons (Fsp3) is 0. The summed E-state index contributed by atoms with van der Waals surface area (Å²) in [7, 11) is 0. The Morgan fingerprint density at radius 1 is 1.60 bits per heavy atom. The predicted octanol–water partition coefficient (Wildman–Crippen LogP) is 0.497. The van der Waals surface area contributed by atoms with Gasteiger partial charge >= 0.3 is 5.69 Å². The molecule has 0 atom stereocenters.